The summed E-state index contributed by atoms with van der Waals surface area (Å²) in [6, 6.07) is 8.33. The molecule has 5 heterocycles. The quantitative estimate of drug-likeness (QED) is 0.370. The SMILES string of the molecule is CCn1cc(-c2cc3c(N4CCN(c5ncc(C(C)(N)c6ccc(F)cc6)cn5)CC4)ncnn3c2)cn1. The highest BCUT2D eigenvalue weighted by atomic mass is 19.1. The fourth-order valence-corrected chi connectivity index (χ4v) is 4.84. The van der Waals surface area contributed by atoms with E-state index < -0.39 is 5.54 Å². The van der Waals surface area contributed by atoms with Gasteiger partial charge >= 0.3 is 0 Å². The maximum absolute atomic E-state index is 13.3. The molecule has 4 aromatic heterocycles. The summed E-state index contributed by atoms with van der Waals surface area (Å²) in [5.41, 5.74) is 10.4. The van der Waals surface area contributed by atoms with E-state index in [2.05, 4.69) is 47.9 Å². The van der Waals surface area contributed by atoms with Crippen molar-refractivity contribution in [3.8, 4) is 11.1 Å². The highest BCUT2D eigenvalue weighted by molar-refractivity contribution is 5.77. The van der Waals surface area contributed by atoms with Gasteiger partial charge in [0.15, 0.2) is 5.82 Å². The molecule has 11 heteroatoms. The lowest BCUT2D eigenvalue weighted by Crippen LogP contribution is -2.47. The zero-order chi connectivity index (χ0) is 26.3. The van der Waals surface area contributed by atoms with Gasteiger partial charge in [-0.2, -0.15) is 10.2 Å². The van der Waals surface area contributed by atoms with Crippen LogP contribution < -0.4 is 15.5 Å². The first-order valence-corrected chi connectivity index (χ1v) is 12.7. The van der Waals surface area contributed by atoms with Gasteiger partial charge in [-0.1, -0.05) is 12.1 Å². The number of hydrogen-bond donors (Lipinski definition) is 1. The predicted molar refractivity (Wildman–Crippen MR) is 143 cm³/mol. The minimum atomic E-state index is -0.825. The summed E-state index contributed by atoms with van der Waals surface area (Å²) in [6.45, 7) is 7.83. The van der Waals surface area contributed by atoms with E-state index in [4.69, 9.17) is 5.73 Å². The van der Waals surface area contributed by atoms with Crippen molar-refractivity contribution in [2.24, 2.45) is 5.73 Å². The van der Waals surface area contributed by atoms with E-state index in [0.717, 1.165) is 66.3 Å². The Morgan fingerprint density at radius 2 is 1.58 bits per heavy atom. The Bertz CT molecular complexity index is 1550. The van der Waals surface area contributed by atoms with Gasteiger partial charge in [-0.25, -0.2) is 23.9 Å². The fraction of sp³-hybridized carbons (Fsp3) is 0.296. The Morgan fingerprint density at radius 1 is 0.868 bits per heavy atom. The van der Waals surface area contributed by atoms with Crippen LogP contribution in [0, 0.1) is 5.82 Å². The first-order valence-electron chi connectivity index (χ1n) is 12.7. The smallest absolute Gasteiger partial charge is 0.225 e. The van der Waals surface area contributed by atoms with Gasteiger partial charge in [0.25, 0.3) is 0 Å². The van der Waals surface area contributed by atoms with E-state index in [9.17, 15) is 4.39 Å². The van der Waals surface area contributed by atoms with E-state index in [1.807, 2.05) is 34.7 Å². The lowest BCUT2D eigenvalue weighted by atomic mass is 9.87. The monoisotopic (exact) mass is 512 g/mol. The summed E-state index contributed by atoms with van der Waals surface area (Å²) < 4.78 is 17.1. The van der Waals surface area contributed by atoms with E-state index in [-0.39, 0.29) is 5.82 Å². The first kappa shape index (κ1) is 24.0. The number of rotatable bonds is 6. The molecule has 1 unspecified atom stereocenters. The van der Waals surface area contributed by atoms with Crippen molar-refractivity contribution in [3.05, 3.63) is 84.6 Å². The first-order chi connectivity index (χ1) is 18.4. The largest absolute Gasteiger partial charge is 0.351 e. The summed E-state index contributed by atoms with van der Waals surface area (Å²) in [5.74, 6) is 1.27. The van der Waals surface area contributed by atoms with Gasteiger partial charge in [0.1, 0.15) is 17.7 Å². The zero-order valence-electron chi connectivity index (χ0n) is 21.4. The topological polar surface area (TPSA) is 106 Å². The molecule has 194 valence electrons. The van der Waals surface area contributed by atoms with Crippen LogP contribution in [-0.4, -0.2) is 60.5 Å². The molecule has 1 atom stereocenters. The van der Waals surface area contributed by atoms with E-state index in [1.54, 1.807) is 30.9 Å². The van der Waals surface area contributed by atoms with Gasteiger partial charge in [0, 0.05) is 74.2 Å². The molecule has 10 nitrogen and oxygen atoms in total. The number of piperazine rings is 1. The van der Waals surface area contributed by atoms with E-state index in [1.165, 1.54) is 12.1 Å². The Kier molecular flexibility index (Phi) is 5.99. The number of nitrogens with zero attached hydrogens (tertiary/aromatic N) is 9. The summed E-state index contributed by atoms with van der Waals surface area (Å²) >= 11 is 0. The number of aryl methyl sites for hydroxylation is 1. The van der Waals surface area contributed by atoms with Crippen molar-refractivity contribution < 1.29 is 4.39 Å². The molecular formula is C27H29FN10. The minimum Gasteiger partial charge on any atom is -0.351 e. The third-order valence-corrected chi connectivity index (χ3v) is 7.22. The molecular weight excluding hydrogens is 483 g/mol. The maximum atomic E-state index is 13.3. The standard InChI is InChI=1S/C27H29FN10/c1-3-37-16-20(13-33-37)19-12-24-25(32-18-34-38(24)17-19)35-8-10-36(11-9-35)26-30-14-22(15-31-26)27(2,29)21-4-6-23(28)7-5-21/h4-7,12-18H,3,8-11,29H2,1-2H3. The highest BCUT2D eigenvalue weighted by Crippen LogP contribution is 2.29. The van der Waals surface area contributed by atoms with Crippen LogP contribution in [0.2, 0.25) is 0 Å². The van der Waals surface area contributed by atoms with Crippen LogP contribution in [0.1, 0.15) is 25.0 Å². The number of fused-ring (bicyclic) bond motifs is 1. The van der Waals surface area contributed by atoms with Crippen molar-refractivity contribution in [2.45, 2.75) is 25.9 Å². The van der Waals surface area contributed by atoms with Crippen molar-refractivity contribution in [1.29, 1.82) is 0 Å². The average molecular weight is 513 g/mol. The highest BCUT2D eigenvalue weighted by Gasteiger charge is 2.26. The molecule has 0 radical (unpaired) electrons. The van der Waals surface area contributed by atoms with Crippen molar-refractivity contribution in [3.63, 3.8) is 0 Å². The number of hydrogen-bond acceptors (Lipinski definition) is 8. The average Bonchev–Trinajstić information content (AvgIpc) is 3.61. The second-order valence-corrected chi connectivity index (χ2v) is 9.68. The second-order valence-electron chi connectivity index (χ2n) is 9.68. The molecule has 1 aromatic carbocycles. The van der Waals surface area contributed by atoms with E-state index >= 15 is 0 Å². The lowest BCUT2D eigenvalue weighted by molar-refractivity contribution is 0.585. The molecule has 0 saturated carbocycles. The molecule has 0 spiro atoms. The minimum absolute atomic E-state index is 0.292. The Balaban J connectivity index is 1.16. The molecule has 0 bridgehead atoms. The lowest BCUT2D eigenvalue weighted by Gasteiger charge is -2.35. The molecule has 5 aromatic rings. The van der Waals surface area contributed by atoms with E-state index in [0.29, 0.717) is 5.95 Å². The molecule has 38 heavy (non-hydrogen) atoms. The Hall–Kier alpha value is -4.38. The number of nitrogens with two attached hydrogens (primary N) is 1. The molecule has 1 saturated heterocycles. The molecule has 6 rings (SSSR count). The molecule has 0 aliphatic carbocycles. The zero-order valence-corrected chi connectivity index (χ0v) is 21.4. The van der Waals surface area contributed by atoms with Crippen LogP contribution in [0.4, 0.5) is 16.2 Å². The molecule has 2 N–H and O–H groups in total. The number of anilines is 2. The third-order valence-electron chi connectivity index (χ3n) is 7.22. The summed E-state index contributed by atoms with van der Waals surface area (Å²) in [4.78, 5) is 18.3. The van der Waals surface area contributed by atoms with Gasteiger partial charge in [-0.05, 0) is 37.6 Å². The molecule has 1 aliphatic rings. The van der Waals surface area contributed by atoms with Crippen LogP contribution in [0.25, 0.3) is 16.6 Å². The Labute approximate surface area is 219 Å². The van der Waals surface area contributed by atoms with Gasteiger partial charge in [-0.3, -0.25) is 4.68 Å². The molecule has 1 aliphatic heterocycles. The predicted octanol–water partition coefficient (Wildman–Crippen LogP) is 3.09. The molecule has 1 fully saturated rings. The van der Waals surface area contributed by atoms with Crippen LogP contribution in [-0.2, 0) is 12.1 Å². The fourth-order valence-electron chi connectivity index (χ4n) is 4.84. The van der Waals surface area contributed by atoms with Crippen LogP contribution in [0.5, 0.6) is 0 Å². The normalized spacial score (nSPS) is 15.7. The van der Waals surface area contributed by atoms with Gasteiger partial charge in [0.2, 0.25) is 5.95 Å². The molecule has 0 amide bonds. The van der Waals surface area contributed by atoms with Crippen LogP contribution >= 0.6 is 0 Å². The number of benzene rings is 1. The van der Waals surface area contributed by atoms with Gasteiger partial charge in [-0.15, -0.1) is 0 Å². The van der Waals surface area contributed by atoms with Crippen molar-refractivity contribution in [2.75, 3.05) is 36.0 Å². The number of aromatic nitrogens is 7. The number of halogens is 1. The van der Waals surface area contributed by atoms with Crippen LogP contribution in [0.15, 0.2) is 67.6 Å². The van der Waals surface area contributed by atoms with Crippen molar-refractivity contribution in [1.82, 2.24) is 34.3 Å². The Morgan fingerprint density at radius 3 is 2.26 bits per heavy atom. The van der Waals surface area contributed by atoms with Crippen LogP contribution in [0.3, 0.4) is 0 Å². The summed E-state index contributed by atoms with van der Waals surface area (Å²) in [5, 5.41) is 8.81. The van der Waals surface area contributed by atoms with Gasteiger partial charge in [0.05, 0.1) is 11.7 Å². The summed E-state index contributed by atoms with van der Waals surface area (Å²) in [6.07, 6.45) is 11.0. The second kappa shape index (κ2) is 9.49. The van der Waals surface area contributed by atoms with Gasteiger partial charge < -0.3 is 15.5 Å². The maximum Gasteiger partial charge on any atom is 0.225 e. The third kappa shape index (κ3) is 4.34. The van der Waals surface area contributed by atoms with Crippen molar-refractivity contribution >= 4 is 17.3 Å². The summed E-state index contributed by atoms with van der Waals surface area (Å²) in [7, 11) is 0.